The minimum atomic E-state index is -0.985. The van der Waals surface area contributed by atoms with Crippen molar-refractivity contribution in [2.45, 2.75) is 44.2 Å². The van der Waals surface area contributed by atoms with Crippen LogP contribution in [0, 0.1) is 0 Å². The predicted octanol–water partition coefficient (Wildman–Crippen LogP) is 7.19. The maximum Gasteiger partial charge on any atom is 0.306 e. The zero-order valence-electron chi connectivity index (χ0n) is 21.0. The molecule has 0 aliphatic carbocycles. The first kappa shape index (κ1) is 24.5. The Kier molecular flexibility index (Phi) is 7.18. The monoisotopic (exact) mass is 489 g/mol. The van der Waals surface area contributed by atoms with E-state index in [0.717, 1.165) is 41.6 Å². The number of carbonyl (C=O) groups excluding carboxylic acids is 2. The Bertz CT molecular complexity index is 1260. The highest BCUT2D eigenvalue weighted by Crippen LogP contribution is 2.51. The highest BCUT2D eigenvalue weighted by atomic mass is 16.5. The summed E-state index contributed by atoms with van der Waals surface area (Å²) in [5.74, 6) is -0.588. The second kappa shape index (κ2) is 10.8. The van der Waals surface area contributed by atoms with Gasteiger partial charge in [0.2, 0.25) is 6.10 Å². The summed E-state index contributed by atoms with van der Waals surface area (Å²) in [7, 11) is 0. The van der Waals surface area contributed by atoms with Crippen molar-refractivity contribution in [3.05, 3.63) is 138 Å². The van der Waals surface area contributed by atoms with Crippen molar-refractivity contribution in [1.82, 2.24) is 0 Å². The highest BCUT2D eigenvalue weighted by molar-refractivity contribution is 6.07. The highest BCUT2D eigenvalue weighted by Gasteiger charge is 2.52. The van der Waals surface area contributed by atoms with Gasteiger partial charge in [-0.05, 0) is 29.2 Å². The van der Waals surface area contributed by atoms with Gasteiger partial charge in [-0.2, -0.15) is 0 Å². The van der Waals surface area contributed by atoms with E-state index in [1.807, 2.05) is 83.8 Å². The molecule has 0 aromatic heterocycles. The molecule has 1 amide bonds. The van der Waals surface area contributed by atoms with Gasteiger partial charge in [-0.15, -0.1) is 0 Å². The summed E-state index contributed by atoms with van der Waals surface area (Å²) in [4.78, 5) is 29.1. The molecule has 37 heavy (non-hydrogen) atoms. The number of nitrogens with zero attached hydrogens (tertiary/aromatic N) is 1. The Morgan fingerprint density at radius 1 is 0.730 bits per heavy atom. The van der Waals surface area contributed by atoms with E-state index in [0.29, 0.717) is 12.0 Å². The molecule has 4 nitrogen and oxygen atoms in total. The molecule has 0 N–H and O–H groups in total. The van der Waals surface area contributed by atoms with Crippen LogP contribution in [0.4, 0.5) is 5.69 Å². The van der Waals surface area contributed by atoms with Crippen LogP contribution in [0.2, 0.25) is 0 Å². The number of carbonyl (C=O) groups is 2. The average Bonchev–Trinajstić information content (AvgIpc) is 3.22. The lowest BCUT2D eigenvalue weighted by atomic mass is 9.75. The molecule has 0 spiro atoms. The molecule has 1 atom stereocenters. The smallest absolute Gasteiger partial charge is 0.306 e. The summed E-state index contributed by atoms with van der Waals surface area (Å²) in [6.07, 6.45) is 2.04. The molecule has 4 heteroatoms. The van der Waals surface area contributed by atoms with E-state index in [4.69, 9.17) is 4.74 Å². The minimum absolute atomic E-state index is 0.249. The SMILES string of the molecule is CCCCCC(=O)O[C@@H]1C(=O)N(C(c2ccccc2)(c2ccccc2)c2ccccc2)c2ccccc21. The van der Waals surface area contributed by atoms with Gasteiger partial charge in [0.1, 0.15) is 5.54 Å². The molecule has 0 fully saturated rings. The lowest BCUT2D eigenvalue weighted by Gasteiger charge is -2.44. The van der Waals surface area contributed by atoms with Gasteiger partial charge in [0.15, 0.2) is 0 Å². The Morgan fingerprint density at radius 3 is 1.73 bits per heavy atom. The van der Waals surface area contributed by atoms with Crippen molar-refractivity contribution in [3.8, 4) is 0 Å². The summed E-state index contributed by atoms with van der Waals surface area (Å²) in [5, 5.41) is 0. The van der Waals surface area contributed by atoms with Crippen molar-refractivity contribution in [2.24, 2.45) is 0 Å². The minimum Gasteiger partial charge on any atom is -0.447 e. The van der Waals surface area contributed by atoms with E-state index in [1.165, 1.54) is 0 Å². The molecule has 1 heterocycles. The van der Waals surface area contributed by atoms with Gasteiger partial charge < -0.3 is 4.74 Å². The van der Waals surface area contributed by atoms with Crippen LogP contribution in [0.1, 0.15) is 61.0 Å². The number of esters is 1. The van der Waals surface area contributed by atoms with E-state index < -0.39 is 11.6 Å². The number of benzene rings is 4. The van der Waals surface area contributed by atoms with Crippen molar-refractivity contribution in [2.75, 3.05) is 4.90 Å². The van der Waals surface area contributed by atoms with E-state index in [9.17, 15) is 9.59 Å². The molecule has 0 radical (unpaired) electrons. The van der Waals surface area contributed by atoms with Gasteiger partial charge in [0.25, 0.3) is 5.91 Å². The molecular weight excluding hydrogens is 458 g/mol. The molecule has 5 rings (SSSR count). The van der Waals surface area contributed by atoms with Gasteiger partial charge >= 0.3 is 5.97 Å². The second-order valence-corrected chi connectivity index (χ2v) is 9.37. The van der Waals surface area contributed by atoms with Crippen LogP contribution in [-0.2, 0) is 19.9 Å². The third-order valence-electron chi connectivity index (χ3n) is 7.05. The maximum absolute atomic E-state index is 14.4. The zero-order valence-corrected chi connectivity index (χ0v) is 21.0. The molecule has 0 unspecified atom stereocenters. The summed E-state index contributed by atoms with van der Waals surface area (Å²) >= 11 is 0. The van der Waals surface area contributed by atoms with Crippen LogP contribution in [0.15, 0.2) is 115 Å². The molecule has 4 aromatic rings. The molecule has 1 aliphatic heterocycles. The van der Waals surface area contributed by atoms with Crippen molar-refractivity contribution in [3.63, 3.8) is 0 Å². The number of hydrogen-bond donors (Lipinski definition) is 0. The molecule has 1 aliphatic rings. The third-order valence-corrected chi connectivity index (χ3v) is 7.05. The standard InChI is InChI=1S/C33H31NO3/c1-2-3-7-24-30(35)37-31-28-22-14-15-23-29(28)34(32(31)36)33(25-16-8-4-9-17-25,26-18-10-5-11-19-26)27-20-12-6-13-21-27/h4-6,8-23,31H,2-3,7,24H2,1H3/t31-/m0/s1. The van der Waals surface area contributed by atoms with Crippen LogP contribution in [0.5, 0.6) is 0 Å². The third kappa shape index (κ3) is 4.44. The van der Waals surface area contributed by atoms with Gasteiger partial charge in [-0.3, -0.25) is 14.5 Å². The first-order valence-electron chi connectivity index (χ1n) is 13.0. The van der Waals surface area contributed by atoms with Crippen LogP contribution < -0.4 is 4.90 Å². The first-order chi connectivity index (χ1) is 18.2. The van der Waals surface area contributed by atoms with E-state index in [1.54, 1.807) is 0 Å². The molecular formula is C33H31NO3. The van der Waals surface area contributed by atoms with E-state index in [2.05, 4.69) is 43.3 Å². The second-order valence-electron chi connectivity index (χ2n) is 9.37. The Hall–Kier alpha value is -4.18. The summed E-state index contributed by atoms with van der Waals surface area (Å²) < 4.78 is 5.90. The number of hydrogen-bond acceptors (Lipinski definition) is 3. The normalized spacial score (nSPS) is 14.9. The Morgan fingerprint density at radius 2 is 1.22 bits per heavy atom. The number of para-hydroxylation sites is 1. The molecule has 0 saturated heterocycles. The van der Waals surface area contributed by atoms with Gasteiger partial charge in [0, 0.05) is 12.0 Å². The molecule has 186 valence electrons. The quantitative estimate of drug-likeness (QED) is 0.142. The van der Waals surface area contributed by atoms with Crippen molar-refractivity contribution < 1.29 is 14.3 Å². The van der Waals surface area contributed by atoms with Crippen LogP contribution in [-0.4, -0.2) is 11.9 Å². The largest absolute Gasteiger partial charge is 0.447 e. The number of fused-ring (bicyclic) bond motifs is 1. The maximum atomic E-state index is 14.4. The molecule has 0 bridgehead atoms. The Balaban J connectivity index is 1.72. The topological polar surface area (TPSA) is 46.6 Å². The fourth-order valence-electron chi connectivity index (χ4n) is 5.38. The van der Waals surface area contributed by atoms with Crippen LogP contribution in [0.25, 0.3) is 0 Å². The first-order valence-corrected chi connectivity index (χ1v) is 13.0. The Labute approximate surface area is 218 Å². The molecule has 0 saturated carbocycles. The van der Waals surface area contributed by atoms with Gasteiger partial charge in [-0.1, -0.05) is 129 Å². The fourth-order valence-corrected chi connectivity index (χ4v) is 5.38. The number of amides is 1. The summed E-state index contributed by atoms with van der Waals surface area (Å²) in [5.41, 5.74) is 3.33. The van der Waals surface area contributed by atoms with Crippen LogP contribution in [0.3, 0.4) is 0 Å². The number of unbranched alkanes of at least 4 members (excludes halogenated alkanes) is 2. The number of ether oxygens (including phenoxy) is 1. The summed E-state index contributed by atoms with van der Waals surface area (Å²) in [6.45, 7) is 2.09. The van der Waals surface area contributed by atoms with E-state index >= 15 is 0 Å². The predicted molar refractivity (Wildman–Crippen MR) is 146 cm³/mol. The summed E-state index contributed by atoms with van der Waals surface area (Å²) in [6, 6.07) is 37.9. The van der Waals surface area contributed by atoms with Gasteiger partial charge in [0.05, 0.1) is 5.69 Å². The molecule has 4 aromatic carbocycles. The zero-order chi connectivity index (χ0) is 25.7. The number of rotatable bonds is 9. The van der Waals surface area contributed by atoms with Gasteiger partial charge in [-0.25, -0.2) is 0 Å². The number of anilines is 1. The lowest BCUT2D eigenvalue weighted by molar-refractivity contribution is -0.155. The fraction of sp³-hybridized carbons (Fsp3) is 0.212. The average molecular weight is 490 g/mol. The lowest BCUT2D eigenvalue weighted by Crippen LogP contribution is -2.50. The van der Waals surface area contributed by atoms with Crippen LogP contribution >= 0.6 is 0 Å². The van der Waals surface area contributed by atoms with Crippen molar-refractivity contribution >= 4 is 17.6 Å². The van der Waals surface area contributed by atoms with Crippen molar-refractivity contribution in [1.29, 1.82) is 0 Å². The van der Waals surface area contributed by atoms with E-state index in [-0.39, 0.29) is 11.9 Å².